The lowest BCUT2D eigenvalue weighted by Crippen LogP contribution is -2.33. The quantitative estimate of drug-likeness (QED) is 0.220. The van der Waals surface area contributed by atoms with Gasteiger partial charge < -0.3 is 15.2 Å². The number of anilines is 1. The highest BCUT2D eigenvalue weighted by Gasteiger charge is 2.17. The lowest BCUT2D eigenvalue weighted by Gasteiger charge is -2.25. The Labute approximate surface area is 222 Å². The van der Waals surface area contributed by atoms with Crippen LogP contribution in [0.1, 0.15) is 49.9 Å². The van der Waals surface area contributed by atoms with E-state index in [1.807, 2.05) is 48.5 Å². The van der Waals surface area contributed by atoms with Crippen LogP contribution in [0, 0.1) is 5.92 Å². The number of aliphatic carboxylic acids is 1. The smallest absolute Gasteiger partial charge is 0.303 e. The molecular weight excluding hydrogens is 497 g/mol. The van der Waals surface area contributed by atoms with Gasteiger partial charge >= 0.3 is 5.97 Å². The standard InChI is InChI=1S/C29H31Cl2NO4/c1-3-19(2)27(32-23-12-7-21(8-13-23)28(33)5-4-6-29(34)35)18-36-24-14-9-20(10-15-24)25-16-11-22(30)17-26(25)31/h7-17,19,27,32H,3-6,18H2,1-2H3,(H,34,35)/t19-,27+/m0/s1. The van der Waals surface area contributed by atoms with E-state index in [0.717, 1.165) is 29.0 Å². The van der Waals surface area contributed by atoms with Crippen LogP contribution in [0.4, 0.5) is 5.69 Å². The summed E-state index contributed by atoms with van der Waals surface area (Å²) in [6.45, 7) is 4.79. The number of benzene rings is 3. The molecule has 3 rings (SSSR count). The van der Waals surface area contributed by atoms with Gasteiger partial charge in [0.1, 0.15) is 12.4 Å². The fourth-order valence-electron chi connectivity index (χ4n) is 3.78. The van der Waals surface area contributed by atoms with Gasteiger partial charge in [0.2, 0.25) is 0 Å². The normalized spacial score (nSPS) is 12.6. The van der Waals surface area contributed by atoms with Crippen molar-refractivity contribution in [1.29, 1.82) is 0 Å². The first-order valence-corrected chi connectivity index (χ1v) is 12.8. The highest BCUT2D eigenvalue weighted by atomic mass is 35.5. The second-order valence-electron chi connectivity index (χ2n) is 8.84. The lowest BCUT2D eigenvalue weighted by molar-refractivity contribution is -0.137. The first-order chi connectivity index (χ1) is 17.3. The number of ketones is 1. The van der Waals surface area contributed by atoms with E-state index >= 15 is 0 Å². The Morgan fingerprint density at radius 1 is 0.972 bits per heavy atom. The first kappa shape index (κ1) is 27.6. The Balaban J connectivity index is 1.60. The van der Waals surface area contributed by atoms with Crippen molar-refractivity contribution < 1.29 is 19.4 Å². The van der Waals surface area contributed by atoms with Crippen molar-refractivity contribution in [3.05, 3.63) is 82.3 Å². The Hall–Kier alpha value is -3.02. The van der Waals surface area contributed by atoms with Crippen LogP contribution in [0.5, 0.6) is 5.75 Å². The Kier molecular flexibility index (Phi) is 10.2. The lowest BCUT2D eigenvalue weighted by atomic mass is 9.99. The maximum absolute atomic E-state index is 12.3. The summed E-state index contributed by atoms with van der Waals surface area (Å²) in [7, 11) is 0. The van der Waals surface area contributed by atoms with Gasteiger partial charge in [-0.3, -0.25) is 9.59 Å². The molecule has 0 unspecified atom stereocenters. The monoisotopic (exact) mass is 527 g/mol. The molecule has 2 atom stereocenters. The van der Waals surface area contributed by atoms with Crippen LogP contribution in [0.15, 0.2) is 66.7 Å². The summed E-state index contributed by atoms with van der Waals surface area (Å²) in [5.74, 6) is 0.186. The number of hydrogen-bond donors (Lipinski definition) is 2. The molecule has 0 amide bonds. The van der Waals surface area contributed by atoms with Crippen molar-refractivity contribution in [3.63, 3.8) is 0 Å². The molecular formula is C29H31Cl2NO4. The van der Waals surface area contributed by atoms with Gasteiger partial charge in [-0.2, -0.15) is 0 Å². The summed E-state index contributed by atoms with van der Waals surface area (Å²) in [6.07, 6.45) is 1.55. The summed E-state index contributed by atoms with van der Waals surface area (Å²) < 4.78 is 6.11. The number of hydrogen-bond acceptors (Lipinski definition) is 4. The zero-order valence-corrected chi connectivity index (χ0v) is 22.0. The van der Waals surface area contributed by atoms with Crippen LogP contribution in [0.3, 0.4) is 0 Å². The molecule has 0 aliphatic heterocycles. The van der Waals surface area contributed by atoms with Crippen molar-refractivity contribution in [2.75, 3.05) is 11.9 Å². The van der Waals surface area contributed by atoms with E-state index in [9.17, 15) is 9.59 Å². The van der Waals surface area contributed by atoms with Gasteiger partial charge in [0.15, 0.2) is 5.78 Å². The first-order valence-electron chi connectivity index (χ1n) is 12.1. The molecule has 190 valence electrons. The second kappa shape index (κ2) is 13.3. The summed E-state index contributed by atoms with van der Waals surface area (Å²) in [5.41, 5.74) is 3.38. The number of rotatable bonds is 13. The average Bonchev–Trinajstić information content (AvgIpc) is 2.86. The Morgan fingerprint density at radius 3 is 2.28 bits per heavy atom. The molecule has 7 heteroatoms. The van der Waals surface area contributed by atoms with Crippen molar-refractivity contribution in [3.8, 4) is 16.9 Å². The molecule has 0 aliphatic carbocycles. The zero-order valence-electron chi connectivity index (χ0n) is 20.5. The molecule has 0 fully saturated rings. The third-order valence-corrected chi connectivity index (χ3v) is 6.76. The Morgan fingerprint density at radius 2 is 1.67 bits per heavy atom. The van der Waals surface area contributed by atoms with E-state index in [-0.39, 0.29) is 24.7 Å². The number of carboxylic acids is 1. The SMILES string of the molecule is CC[C@H](C)[C@@H](COc1ccc(-c2ccc(Cl)cc2Cl)cc1)Nc1ccc(C(=O)CCCC(=O)O)cc1. The number of halogens is 2. The molecule has 3 aromatic carbocycles. The van der Waals surface area contributed by atoms with Gasteiger partial charge in [0.25, 0.3) is 0 Å². The molecule has 2 N–H and O–H groups in total. The van der Waals surface area contributed by atoms with Crippen LogP contribution in [-0.2, 0) is 4.79 Å². The molecule has 0 aromatic heterocycles. The molecule has 3 aromatic rings. The minimum Gasteiger partial charge on any atom is -0.491 e. The second-order valence-corrected chi connectivity index (χ2v) is 9.69. The summed E-state index contributed by atoms with van der Waals surface area (Å²) in [5, 5.41) is 13.5. The van der Waals surface area contributed by atoms with Gasteiger partial charge in [-0.05, 0) is 66.4 Å². The number of carbonyl (C=O) groups excluding carboxylic acids is 1. The summed E-state index contributed by atoms with van der Waals surface area (Å²) in [6, 6.07) is 20.6. The van der Waals surface area contributed by atoms with Crippen LogP contribution in [-0.4, -0.2) is 29.5 Å². The minimum absolute atomic E-state index is 0.000431. The van der Waals surface area contributed by atoms with Gasteiger partial charge in [-0.15, -0.1) is 0 Å². The molecule has 0 bridgehead atoms. The van der Waals surface area contributed by atoms with Crippen LogP contribution >= 0.6 is 23.2 Å². The van der Waals surface area contributed by atoms with Gasteiger partial charge in [0.05, 0.1) is 6.04 Å². The van der Waals surface area contributed by atoms with Crippen LogP contribution < -0.4 is 10.1 Å². The molecule has 0 saturated carbocycles. The number of nitrogens with one attached hydrogen (secondary N) is 1. The molecule has 0 aliphatic rings. The van der Waals surface area contributed by atoms with Crippen molar-refractivity contribution >= 4 is 40.6 Å². The van der Waals surface area contributed by atoms with Crippen LogP contribution in [0.25, 0.3) is 11.1 Å². The van der Waals surface area contributed by atoms with E-state index in [4.69, 9.17) is 33.0 Å². The predicted octanol–water partition coefficient (Wildman–Crippen LogP) is 8.00. The van der Waals surface area contributed by atoms with Crippen molar-refractivity contribution in [1.82, 2.24) is 0 Å². The third kappa shape index (κ3) is 8.00. The Bertz CT molecular complexity index is 1160. The molecule has 0 radical (unpaired) electrons. The fraction of sp³-hybridized carbons (Fsp3) is 0.310. The largest absolute Gasteiger partial charge is 0.491 e. The summed E-state index contributed by atoms with van der Waals surface area (Å²) in [4.78, 5) is 22.9. The van der Waals surface area contributed by atoms with E-state index < -0.39 is 5.97 Å². The topological polar surface area (TPSA) is 75.6 Å². The number of ether oxygens (including phenoxy) is 1. The maximum Gasteiger partial charge on any atom is 0.303 e. The minimum atomic E-state index is -0.887. The number of carbonyl (C=O) groups is 2. The van der Waals surface area contributed by atoms with Gasteiger partial charge in [-0.25, -0.2) is 0 Å². The van der Waals surface area contributed by atoms with Crippen molar-refractivity contribution in [2.24, 2.45) is 5.92 Å². The average molecular weight is 528 g/mol. The van der Waals surface area contributed by atoms with E-state index in [1.165, 1.54) is 0 Å². The predicted molar refractivity (Wildman–Crippen MR) is 147 cm³/mol. The highest BCUT2D eigenvalue weighted by molar-refractivity contribution is 6.36. The van der Waals surface area contributed by atoms with E-state index in [0.29, 0.717) is 34.6 Å². The van der Waals surface area contributed by atoms with Crippen molar-refractivity contribution in [2.45, 2.75) is 45.6 Å². The molecule has 0 saturated heterocycles. The third-order valence-electron chi connectivity index (χ3n) is 6.21. The van der Waals surface area contributed by atoms with Crippen LogP contribution in [0.2, 0.25) is 10.0 Å². The molecule has 5 nitrogen and oxygen atoms in total. The van der Waals surface area contributed by atoms with E-state index in [2.05, 4.69) is 19.2 Å². The zero-order chi connectivity index (χ0) is 26.1. The molecule has 0 spiro atoms. The highest BCUT2D eigenvalue weighted by Crippen LogP contribution is 2.31. The molecule has 36 heavy (non-hydrogen) atoms. The number of Topliss-reactive ketones (excluding diaryl/α,β-unsaturated/α-hetero) is 1. The molecule has 0 heterocycles. The van der Waals surface area contributed by atoms with Gasteiger partial charge in [-0.1, -0.05) is 61.7 Å². The fourth-order valence-corrected chi connectivity index (χ4v) is 4.30. The maximum atomic E-state index is 12.3. The van der Waals surface area contributed by atoms with Gasteiger partial charge in [0, 0.05) is 39.7 Å². The van der Waals surface area contributed by atoms with E-state index in [1.54, 1.807) is 18.2 Å². The summed E-state index contributed by atoms with van der Waals surface area (Å²) >= 11 is 12.3. The number of carboxylic acid groups (broad SMARTS) is 1.